The maximum atomic E-state index is 13.6. The van der Waals surface area contributed by atoms with Crippen molar-refractivity contribution in [3.05, 3.63) is 64.5 Å². The van der Waals surface area contributed by atoms with Gasteiger partial charge in [0, 0.05) is 0 Å². The summed E-state index contributed by atoms with van der Waals surface area (Å²) in [6.45, 7) is 3.74. The van der Waals surface area contributed by atoms with Crippen LogP contribution in [0.2, 0.25) is 0 Å². The predicted octanol–water partition coefficient (Wildman–Crippen LogP) is 3.63. The van der Waals surface area contributed by atoms with Crippen molar-refractivity contribution in [1.82, 2.24) is 0 Å². The summed E-state index contributed by atoms with van der Waals surface area (Å²) < 4.78 is 13.6. The smallest absolute Gasteiger partial charge is 0.199 e. The fraction of sp³-hybridized carbons (Fsp3) is 0.188. The highest BCUT2D eigenvalue weighted by atomic mass is 19.1. The molecular formula is C16H15FO2. The summed E-state index contributed by atoms with van der Waals surface area (Å²) in [4.78, 5) is 12.3. The van der Waals surface area contributed by atoms with Crippen LogP contribution in [0.1, 0.15) is 34.0 Å². The number of carbonyl (C=O) groups is 1. The van der Waals surface area contributed by atoms with Crippen LogP contribution in [0, 0.1) is 12.7 Å². The average Bonchev–Trinajstić information content (AvgIpc) is 2.40. The van der Waals surface area contributed by atoms with Crippen LogP contribution in [0.15, 0.2) is 36.4 Å². The van der Waals surface area contributed by atoms with Crippen LogP contribution in [0.4, 0.5) is 4.39 Å². The first-order valence-corrected chi connectivity index (χ1v) is 6.16. The molecule has 0 aliphatic carbocycles. The van der Waals surface area contributed by atoms with E-state index in [1.807, 2.05) is 19.9 Å². The van der Waals surface area contributed by atoms with Crippen molar-refractivity contribution in [1.29, 1.82) is 0 Å². The van der Waals surface area contributed by atoms with E-state index in [1.165, 1.54) is 18.2 Å². The molecule has 19 heavy (non-hydrogen) atoms. The Bertz CT molecular complexity index is 633. The number of benzene rings is 2. The number of aryl methyl sites for hydroxylation is 2. The van der Waals surface area contributed by atoms with Gasteiger partial charge >= 0.3 is 0 Å². The Morgan fingerprint density at radius 3 is 2.53 bits per heavy atom. The molecule has 0 bridgehead atoms. The summed E-state index contributed by atoms with van der Waals surface area (Å²) >= 11 is 0. The lowest BCUT2D eigenvalue weighted by Gasteiger charge is -2.10. The van der Waals surface area contributed by atoms with Gasteiger partial charge < -0.3 is 5.11 Å². The lowest BCUT2D eigenvalue weighted by Crippen LogP contribution is -2.06. The Morgan fingerprint density at radius 2 is 1.89 bits per heavy atom. The minimum absolute atomic E-state index is 0.0227. The Balaban J connectivity index is 2.57. The molecule has 2 aromatic rings. The second-order valence-electron chi connectivity index (χ2n) is 4.48. The molecule has 0 saturated heterocycles. The average molecular weight is 258 g/mol. The van der Waals surface area contributed by atoms with E-state index in [0.29, 0.717) is 12.0 Å². The fourth-order valence-corrected chi connectivity index (χ4v) is 2.09. The Hall–Kier alpha value is -2.16. The Morgan fingerprint density at radius 1 is 1.21 bits per heavy atom. The number of ketones is 1. The first-order chi connectivity index (χ1) is 9.04. The van der Waals surface area contributed by atoms with Crippen molar-refractivity contribution in [2.24, 2.45) is 0 Å². The van der Waals surface area contributed by atoms with Crippen molar-refractivity contribution < 1.29 is 14.3 Å². The largest absolute Gasteiger partial charge is 0.507 e. The molecule has 0 radical (unpaired) electrons. The van der Waals surface area contributed by atoms with E-state index in [1.54, 1.807) is 12.1 Å². The molecule has 2 rings (SSSR count). The van der Waals surface area contributed by atoms with Gasteiger partial charge in [-0.25, -0.2) is 4.39 Å². The summed E-state index contributed by atoms with van der Waals surface area (Å²) in [6, 6.07) is 9.20. The third kappa shape index (κ3) is 2.50. The van der Waals surface area contributed by atoms with Crippen LogP contribution in [0.5, 0.6) is 5.75 Å². The van der Waals surface area contributed by atoms with Crippen LogP contribution < -0.4 is 0 Å². The van der Waals surface area contributed by atoms with Crippen LogP contribution in [-0.4, -0.2) is 10.9 Å². The Labute approximate surface area is 111 Å². The first-order valence-electron chi connectivity index (χ1n) is 6.16. The van der Waals surface area contributed by atoms with Crippen LogP contribution in [0.3, 0.4) is 0 Å². The van der Waals surface area contributed by atoms with Crippen molar-refractivity contribution in [2.75, 3.05) is 0 Å². The highest BCUT2D eigenvalue weighted by molar-refractivity contribution is 6.11. The van der Waals surface area contributed by atoms with Gasteiger partial charge in [-0.3, -0.25) is 4.79 Å². The summed E-state index contributed by atoms with van der Waals surface area (Å²) in [5.74, 6) is -1.12. The zero-order valence-corrected chi connectivity index (χ0v) is 10.9. The zero-order chi connectivity index (χ0) is 14.0. The van der Waals surface area contributed by atoms with Gasteiger partial charge in [-0.15, -0.1) is 0 Å². The standard InChI is InChI=1S/C16H15FO2/c1-3-11-8-10(2)9-13(15(11)18)16(19)12-6-4-5-7-14(12)17/h4-9,18H,3H2,1-2H3. The maximum absolute atomic E-state index is 13.6. The molecule has 0 aromatic heterocycles. The molecule has 3 heteroatoms. The molecule has 2 nitrogen and oxygen atoms in total. The number of hydrogen-bond donors (Lipinski definition) is 1. The summed E-state index contributed by atoms with van der Waals surface area (Å²) in [7, 11) is 0. The van der Waals surface area contributed by atoms with Gasteiger partial charge in [0.05, 0.1) is 11.1 Å². The minimum Gasteiger partial charge on any atom is -0.507 e. The number of hydrogen-bond acceptors (Lipinski definition) is 2. The molecule has 98 valence electrons. The van der Waals surface area contributed by atoms with Crippen molar-refractivity contribution in [3.63, 3.8) is 0 Å². The maximum Gasteiger partial charge on any atom is 0.199 e. The second kappa shape index (κ2) is 5.22. The molecule has 0 aliphatic rings. The normalized spacial score (nSPS) is 10.5. The van der Waals surface area contributed by atoms with Gasteiger partial charge in [0.15, 0.2) is 5.78 Å². The van der Waals surface area contributed by atoms with Gasteiger partial charge in [-0.2, -0.15) is 0 Å². The number of phenols is 1. The SMILES string of the molecule is CCc1cc(C)cc(C(=O)c2ccccc2F)c1O. The van der Waals surface area contributed by atoms with Crippen molar-refractivity contribution in [3.8, 4) is 5.75 Å². The number of rotatable bonds is 3. The Kier molecular flexibility index (Phi) is 3.65. The highest BCUT2D eigenvalue weighted by Crippen LogP contribution is 2.27. The van der Waals surface area contributed by atoms with Crippen molar-refractivity contribution >= 4 is 5.78 Å². The molecule has 0 fully saturated rings. The predicted molar refractivity (Wildman–Crippen MR) is 72.1 cm³/mol. The lowest BCUT2D eigenvalue weighted by molar-refractivity contribution is 0.103. The number of aromatic hydroxyl groups is 1. The van der Waals surface area contributed by atoms with Crippen LogP contribution in [0.25, 0.3) is 0 Å². The third-order valence-electron chi connectivity index (χ3n) is 3.08. The lowest BCUT2D eigenvalue weighted by atomic mass is 9.96. The molecule has 0 heterocycles. The van der Waals surface area contributed by atoms with E-state index < -0.39 is 11.6 Å². The van der Waals surface area contributed by atoms with E-state index >= 15 is 0 Å². The number of carbonyl (C=O) groups excluding carboxylic acids is 1. The number of halogens is 1. The van der Waals surface area contributed by atoms with E-state index in [2.05, 4.69) is 0 Å². The van der Waals surface area contributed by atoms with Gasteiger partial charge in [0.25, 0.3) is 0 Å². The molecule has 0 unspecified atom stereocenters. The zero-order valence-electron chi connectivity index (χ0n) is 10.9. The molecule has 2 aromatic carbocycles. The monoisotopic (exact) mass is 258 g/mol. The molecule has 0 spiro atoms. The molecule has 1 N–H and O–H groups in total. The van der Waals surface area contributed by atoms with Crippen LogP contribution >= 0.6 is 0 Å². The van der Waals surface area contributed by atoms with Gasteiger partial charge in [-0.1, -0.05) is 25.1 Å². The number of phenolic OH excluding ortho intramolecular Hbond substituents is 1. The summed E-state index contributed by atoms with van der Waals surface area (Å²) in [5, 5.41) is 10.1. The summed E-state index contributed by atoms with van der Waals surface area (Å²) in [6.07, 6.45) is 0.616. The molecular weight excluding hydrogens is 243 g/mol. The van der Waals surface area contributed by atoms with E-state index in [-0.39, 0.29) is 16.9 Å². The van der Waals surface area contributed by atoms with Gasteiger partial charge in [-0.05, 0) is 42.7 Å². The van der Waals surface area contributed by atoms with Crippen molar-refractivity contribution in [2.45, 2.75) is 20.3 Å². The second-order valence-corrected chi connectivity index (χ2v) is 4.48. The highest BCUT2D eigenvalue weighted by Gasteiger charge is 2.19. The molecule has 0 aliphatic heterocycles. The summed E-state index contributed by atoms with van der Waals surface area (Å²) in [5.41, 5.74) is 1.70. The van der Waals surface area contributed by atoms with E-state index in [9.17, 15) is 14.3 Å². The molecule has 0 saturated carbocycles. The van der Waals surface area contributed by atoms with Gasteiger partial charge in [0.1, 0.15) is 11.6 Å². The van der Waals surface area contributed by atoms with E-state index in [0.717, 1.165) is 5.56 Å². The third-order valence-corrected chi connectivity index (χ3v) is 3.08. The first kappa shape index (κ1) is 13.3. The molecule has 0 amide bonds. The fourth-order valence-electron chi connectivity index (χ4n) is 2.09. The molecule has 0 atom stereocenters. The topological polar surface area (TPSA) is 37.3 Å². The van der Waals surface area contributed by atoms with E-state index in [4.69, 9.17) is 0 Å². The van der Waals surface area contributed by atoms with Crippen LogP contribution in [-0.2, 0) is 6.42 Å². The quantitative estimate of drug-likeness (QED) is 0.853. The minimum atomic E-state index is -0.577. The van der Waals surface area contributed by atoms with Gasteiger partial charge in [0.2, 0.25) is 0 Å².